The smallest absolute Gasteiger partial charge is 0.129 e. The van der Waals surface area contributed by atoms with Crippen molar-refractivity contribution in [1.29, 1.82) is 0 Å². The zero-order valence-electron chi connectivity index (χ0n) is 9.34. The van der Waals surface area contributed by atoms with Gasteiger partial charge in [0.15, 0.2) is 0 Å². The first-order chi connectivity index (χ1) is 7.17. The molecule has 0 bridgehead atoms. The molecule has 2 nitrogen and oxygen atoms in total. The predicted octanol–water partition coefficient (Wildman–Crippen LogP) is 4.62. The minimum Gasteiger partial charge on any atom is -0.257 e. The molecule has 1 heterocycles. The second kappa shape index (κ2) is 6.69. The van der Waals surface area contributed by atoms with Gasteiger partial charge in [-0.3, -0.25) is 4.68 Å². The number of aromatic nitrogens is 2. The summed E-state index contributed by atoms with van der Waals surface area (Å²) in [5.41, 5.74) is 0. The summed E-state index contributed by atoms with van der Waals surface area (Å²) in [4.78, 5) is 0. The topological polar surface area (TPSA) is 17.8 Å². The predicted molar refractivity (Wildman–Crippen MR) is 70.9 cm³/mol. The highest BCUT2D eigenvalue weighted by Gasteiger charge is 2.10. The van der Waals surface area contributed by atoms with Gasteiger partial charge in [0.25, 0.3) is 0 Å². The van der Waals surface area contributed by atoms with Gasteiger partial charge in [0.2, 0.25) is 0 Å². The molecule has 0 N–H and O–H groups in total. The molecular weight excluding hydrogens is 320 g/mol. The molecule has 0 aromatic carbocycles. The molecule has 86 valence electrons. The summed E-state index contributed by atoms with van der Waals surface area (Å²) in [5.74, 6) is 0.744. The van der Waals surface area contributed by atoms with Crippen LogP contribution in [-0.2, 0) is 6.54 Å². The molecule has 1 atom stereocenters. The molecular formula is C11H18Br2N2. The summed E-state index contributed by atoms with van der Waals surface area (Å²) in [6.45, 7) is 5.52. The fourth-order valence-electron chi connectivity index (χ4n) is 1.65. The van der Waals surface area contributed by atoms with E-state index in [2.05, 4.69) is 50.8 Å². The molecule has 0 spiro atoms. The minimum absolute atomic E-state index is 0.744. The standard InChI is InChI=1S/C11H18Br2N2/c1-3-5-6-9(4-2)8-15-11(13)7-10(12)14-15/h7,9H,3-6,8H2,1-2H3. The van der Waals surface area contributed by atoms with Gasteiger partial charge < -0.3 is 0 Å². The van der Waals surface area contributed by atoms with Crippen molar-refractivity contribution in [3.8, 4) is 0 Å². The van der Waals surface area contributed by atoms with Crippen LogP contribution < -0.4 is 0 Å². The van der Waals surface area contributed by atoms with Crippen molar-refractivity contribution in [2.75, 3.05) is 0 Å². The SMILES string of the molecule is CCCCC(CC)Cn1nc(Br)cc1Br. The molecule has 0 aliphatic heterocycles. The largest absolute Gasteiger partial charge is 0.257 e. The Hall–Kier alpha value is 0.170. The van der Waals surface area contributed by atoms with Gasteiger partial charge in [-0.2, -0.15) is 5.10 Å². The Morgan fingerprint density at radius 2 is 2.13 bits per heavy atom. The fourth-order valence-corrected chi connectivity index (χ4v) is 2.81. The average Bonchev–Trinajstić information content (AvgIpc) is 2.52. The maximum absolute atomic E-state index is 4.39. The molecule has 15 heavy (non-hydrogen) atoms. The molecule has 0 aliphatic carbocycles. The normalized spacial score (nSPS) is 13.1. The Morgan fingerprint density at radius 1 is 1.40 bits per heavy atom. The van der Waals surface area contributed by atoms with Gasteiger partial charge in [0.1, 0.15) is 9.21 Å². The maximum Gasteiger partial charge on any atom is 0.129 e. The summed E-state index contributed by atoms with van der Waals surface area (Å²) in [7, 11) is 0. The van der Waals surface area contributed by atoms with Crippen LogP contribution in [0.15, 0.2) is 15.3 Å². The van der Waals surface area contributed by atoms with Crippen LogP contribution in [0.4, 0.5) is 0 Å². The van der Waals surface area contributed by atoms with Gasteiger partial charge in [-0.1, -0.05) is 33.1 Å². The van der Waals surface area contributed by atoms with Crippen LogP contribution in [0, 0.1) is 5.92 Å². The summed E-state index contributed by atoms with van der Waals surface area (Å²) in [6.07, 6.45) is 5.12. The van der Waals surface area contributed by atoms with E-state index in [4.69, 9.17) is 0 Å². The molecule has 4 heteroatoms. The van der Waals surface area contributed by atoms with Gasteiger partial charge in [-0.15, -0.1) is 0 Å². The Morgan fingerprint density at radius 3 is 2.60 bits per heavy atom. The van der Waals surface area contributed by atoms with E-state index in [-0.39, 0.29) is 0 Å². The highest BCUT2D eigenvalue weighted by molar-refractivity contribution is 9.11. The minimum atomic E-state index is 0.744. The molecule has 0 saturated carbocycles. The molecule has 1 aromatic heterocycles. The quantitative estimate of drug-likeness (QED) is 0.740. The van der Waals surface area contributed by atoms with E-state index in [1.165, 1.54) is 25.7 Å². The first-order valence-corrected chi connectivity index (χ1v) is 7.14. The highest BCUT2D eigenvalue weighted by atomic mass is 79.9. The van der Waals surface area contributed by atoms with Crippen molar-refractivity contribution in [2.24, 2.45) is 5.92 Å². The summed E-state index contributed by atoms with van der Waals surface area (Å²) < 4.78 is 4.00. The van der Waals surface area contributed by atoms with Crippen molar-refractivity contribution in [3.63, 3.8) is 0 Å². The van der Waals surface area contributed by atoms with Crippen molar-refractivity contribution < 1.29 is 0 Å². The lowest BCUT2D eigenvalue weighted by Crippen LogP contribution is -2.11. The van der Waals surface area contributed by atoms with E-state index in [0.717, 1.165) is 21.7 Å². The zero-order chi connectivity index (χ0) is 11.3. The first kappa shape index (κ1) is 13.2. The second-order valence-electron chi connectivity index (χ2n) is 3.89. The van der Waals surface area contributed by atoms with E-state index in [1.54, 1.807) is 0 Å². The zero-order valence-corrected chi connectivity index (χ0v) is 12.5. The molecule has 0 aliphatic rings. The highest BCUT2D eigenvalue weighted by Crippen LogP contribution is 2.21. The van der Waals surface area contributed by atoms with Crippen LogP contribution in [0.5, 0.6) is 0 Å². The third-order valence-electron chi connectivity index (χ3n) is 2.68. The summed E-state index contributed by atoms with van der Waals surface area (Å²) >= 11 is 6.90. The third-order valence-corrected chi connectivity index (χ3v) is 3.70. The lowest BCUT2D eigenvalue weighted by atomic mass is 10.00. The van der Waals surface area contributed by atoms with Gasteiger partial charge in [0, 0.05) is 12.6 Å². The lowest BCUT2D eigenvalue weighted by Gasteiger charge is -2.14. The van der Waals surface area contributed by atoms with Crippen LogP contribution in [-0.4, -0.2) is 9.78 Å². The van der Waals surface area contributed by atoms with Crippen LogP contribution in [0.2, 0.25) is 0 Å². The Kier molecular flexibility index (Phi) is 5.90. The molecule has 0 radical (unpaired) electrons. The number of nitrogens with zero attached hydrogens (tertiary/aromatic N) is 2. The number of hydrogen-bond donors (Lipinski definition) is 0. The van der Waals surface area contributed by atoms with E-state index < -0.39 is 0 Å². The maximum atomic E-state index is 4.39. The van der Waals surface area contributed by atoms with Crippen molar-refractivity contribution in [3.05, 3.63) is 15.3 Å². The molecule has 1 aromatic rings. The van der Waals surface area contributed by atoms with Crippen LogP contribution >= 0.6 is 31.9 Å². The van der Waals surface area contributed by atoms with Gasteiger partial charge >= 0.3 is 0 Å². The van der Waals surface area contributed by atoms with Crippen molar-refractivity contribution in [2.45, 2.75) is 46.1 Å². The summed E-state index contributed by atoms with van der Waals surface area (Å²) in [6, 6.07) is 1.99. The molecule has 0 fully saturated rings. The molecule has 0 saturated heterocycles. The Balaban J connectivity index is 2.54. The fraction of sp³-hybridized carbons (Fsp3) is 0.727. The Bertz CT molecular complexity index is 297. The monoisotopic (exact) mass is 336 g/mol. The lowest BCUT2D eigenvalue weighted by molar-refractivity contribution is 0.368. The van der Waals surface area contributed by atoms with Crippen molar-refractivity contribution in [1.82, 2.24) is 9.78 Å². The average molecular weight is 338 g/mol. The second-order valence-corrected chi connectivity index (χ2v) is 5.51. The number of halogens is 2. The number of unbranched alkanes of at least 4 members (excludes halogenated alkanes) is 1. The number of hydrogen-bond acceptors (Lipinski definition) is 1. The third kappa shape index (κ3) is 4.27. The number of rotatable bonds is 6. The van der Waals surface area contributed by atoms with E-state index in [0.29, 0.717) is 0 Å². The van der Waals surface area contributed by atoms with E-state index in [9.17, 15) is 0 Å². The Labute approximate surface area is 109 Å². The van der Waals surface area contributed by atoms with Crippen molar-refractivity contribution >= 4 is 31.9 Å². The van der Waals surface area contributed by atoms with Gasteiger partial charge in [0.05, 0.1) is 0 Å². The molecule has 1 unspecified atom stereocenters. The van der Waals surface area contributed by atoms with Crippen LogP contribution in [0.25, 0.3) is 0 Å². The van der Waals surface area contributed by atoms with Crippen LogP contribution in [0.1, 0.15) is 39.5 Å². The first-order valence-electron chi connectivity index (χ1n) is 5.56. The molecule has 0 amide bonds. The van der Waals surface area contributed by atoms with E-state index in [1.807, 2.05) is 10.7 Å². The van der Waals surface area contributed by atoms with E-state index >= 15 is 0 Å². The van der Waals surface area contributed by atoms with Crippen LogP contribution in [0.3, 0.4) is 0 Å². The van der Waals surface area contributed by atoms with Gasteiger partial charge in [-0.05, 0) is 44.2 Å². The molecule has 1 rings (SSSR count). The summed E-state index contributed by atoms with van der Waals surface area (Å²) in [5, 5.41) is 4.39. The van der Waals surface area contributed by atoms with Gasteiger partial charge in [-0.25, -0.2) is 0 Å².